The highest BCUT2D eigenvalue weighted by molar-refractivity contribution is 6.21. The summed E-state index contributed by atoms with van der Waals surface area (Å²) in [6.07, 6.45) is 0. The van der Waals surface area contributed by atoms with Gasteiger partial charge in [-0.25, -0.2) is 4.79 Å². The highest BCUT2D eigenvalue weighted by Gasteiger charge is 2.34. The van der Waals surface area contributed by atoms with E-state index in [1.165, 1.54) is 4.90 Å². The van der Waals surface area contributed by atoms with Crippen molar-refractivity contribution in [2.45, 2.75) is 13.8 Å². The minimum Gasteiger partial charge on any atom is -0.337 e. The second-order valence-electron chi connectivity index (χ2n) is 5.52. The van der Waals surface area contributed by atoms with Crippen LogP contribution < -0.4 is 10.6 Å². The summed E-state index contributed by atoms with van der Waals surface area (Å²) in [6, 6.07) is 6.45. The third-order valence-electron chi connectivity index (χ3n) is 4.11. The van der Waals surface area contributed by atoms with Crippen LogP contribution in [0, 0.1) is 0 Å². The van der Waals surface area contributed by atoms with Gasteiger partial charge in [0.15, 0.2) is 0 Å². The Morgan fingerprint density at radius 1 is 1.00 bits per heavy atom. The van der Waals surface area contributed by atoms with Crippen LogP contribution in [0.2, 0.25) is 0 Å². The van der Waals surface area contributed by atoms with Crippen molar-refractivity contribution in [1.82, 2.24) is 20.4 Å². The molecule has 0 spiro atoms. The monoisotopic (exact) mass is 332 g/mol. The van der Waals surface area contributed by atoms with Crippen molar-refractivity contribution < 1.29 is 14.4 Å². The SMILES string of the molecule is CCN(CC)CCNC(=O)NCCN1C(=O)c2ccccc2C1=O. The zero-order valence-electron chi connectivity index (χ0n) is 14.2. The van der Waals surface area contributed by atoms with Gasteiger partial charge in [-0.05, 0) is 25.2 Å². The molecule has 0 saturated heterocycles. The Hall–Kier alpha value is -2.41. The minimum atomic E-state index is -0.306. The summed E-state index contributed by atoms with van der Waals surface area (Å²) in [6.45, 7) is 7.77. The fourth-order valence-corrected chi connectivity index (χ4v) is 2.65. The van der Waals surface area contributed by atoms with Crippen LogP contribution in [0.5, 0.6) is 0 Å². The third kappa shape index (κ3) is 4.11. The number of urea groups is 1. The van der Waals surface area contributed by atoms with Crippen molar-refractivity contribution in [1.29, 1.82) is 0 Å². The lowest BCUT2D eigenvalue weighted by molar-refractivity contribution is 0.0656. The van der Waals surface area contributed by atoms with Crippen LogP contribution in [0.1, 0.15) is 34.6 Å². The highest BCUT2D eigenvalue weighted by Crippen LogP contribution is 2.21. The lowest BCUT2D eigenvalue weighted by Gasteiger charge is -2.18. The van der Waals surface area contributed by atoms with Crippen LogP contribution in [0.15, 0.2) is 24.3 Å². The van der Waals surface area contributed by atoms with Gasteiger partial charge in [-0.15, -0.1) is 0 Å². The van der Waals surface area contributed by atoms with Crippen LogP contribution >= 0.6 is 0 Å². The maximum Gasteiger partial charge on any atom is 0.314 e. The van der Waals surface area contributed by atoms with Crippen LogP contribution in [0.3, 0.4) is 0 Å². The molecule has 1 heterocycles. The Morgan fingerprint density at radius 2 is 1.54 bits per heavy atom. The fraction of sp³-hybridized carbons (Fsp3) is 0.471. The lowest BCUT2D eigenvalue weighted by Crippen LogP contribution is -2.44. The lowest BCUT2D eigenvalue weighted by atomic mass is 10.1. The molecule has 2 N–H and O–H groups in total. The first-order chi connectivity index (χ1) is 11.6. The number of rotatable bonds is 8. The third-order valence-corrected chi connectivity index (χ3v) is 4.11. The summed E-state index contributed by atoms with van der Waals surface area (Å²) in [7, 11) is 0. The molecule has 130 valence electrons. The predicted octanol–water partition coefficient (Wildman–Crippen LogP) is 0.924. The van der Waals surface area contributed by atoms with E-state index in [1.807, 2.05) is 0 Å². The molecule has 0 atom stereocenters. The number of carbonyl (C=O) groups excluding carboxylic acids is 3. The Morgan fingerprint density at radius 3 is 2.08 bits per heavy atom. The van der Waals surface area contributed by atoms with Gasteiger partial charge in [-0.3, -0.25) is 14.5 Å². The summed E-state index contributed by atoms with van der Waals surface area (Å²) in [5, 5.41) is 5.44. The van der Waals surface area contributed by atoms with E-state index in [0.29, 0.717) is 17.7 Å². The summed E-state index contributed by atoms with van der Waals surface area (Å²) >= 11 is 0. The van der Waals surface area contributed by atoms with Gasteiger partial charge in [-0.2, -0.15) is 0 Å². The molecule has 24 heavy (non-hydrogen) atoms. The van der Waals surface area contributed by atoms with E-state index in [9.17, 15) is 14.4 Å². The molecule has 1 aromatic rings. The van der Waals surface area contributed by atoms with Gasteiger partial charge < -0.3 is 15.5 Å². The second kappa shape index (κ2) is 8.44. The first kappa shape index (κ1) is 17.9. The summed E-state index contributed by atoms with van der Waals surface area (Å²) in [4.78, 5) is 39.4. The maximum absolute atomic E-state index is 12.2. The molecule has 1 aliphatic rings. The first-order valence-corrected chi connectivity index (χ1v) is 8.27. The van der Waals surface area contributed by atoms with Crippen LogP contribution in [0.4, 0.5) is 4.79 Å². The Balaban J connectivity index is 1.72. The van der Waals surface area contributed by atoms with Gasteiger partial charge >= 0.3 is 6.03 Å². The maximum atomic E-state index is 12.2. The van der Waals surface area contributed by atoms with E-state index in [1.54, 1.807) is 24.3 Å². The number of hydrogen-bond acceptors (Lipinski definition) is 4. The van der Waals surface area contributed by atoms with Gasteiger partial charge in [0.1, 0.15) is 0 Å². The zero-order chi connectivity index (χ0) is 17.5. The smallest absolute Gasteiger partial charge is 0.314 e. The van der Waals surface area contributed by atoms with Crippen molar-refractivity contribution in [3.05, 3.63) is 35.4 Å². The average molecular weight is 332 g/mol. The van der Waals surface area contributed by atoms with E-state index < -0.39 is 0 Å². The molecule has 0 saturated carbocycles. The number of carbonyl (C=O) groups is 3. The number of nitrogens with one attached hydrogen (secondary N) is 2. The van der Waals surface area contributed by atoms with E-state index in [0.717, 1.165) is 19.6 Å². The molecule has 7 heteroatoms. The second-order valence-corrected chi connectivity index (χ2v) is 5.52. The molecular formula is C17H24N4O3. The van der Waals surface area contributed by atoms with E-state index in [4.69, 9.17) is 0 Å². The first-order valence-electron chi connectivity index (χ1n) is 8.27. The molecule has 7 nitrogen and oxygen atoms in total. The summed E-state index contributed by atoms with van der Waals surface area (Å²) < 4.78 is 0. The number of imide groups is 1. The number of fused-ring (bicyclic) bond motifs is 1. The van der Waals surface area contributed by atoms with E-state index >= 15 is 0 Å². The summed E-state index contributed by atoms with van der Waals surface area (Å²) in [5.41, 5.74) is 0.845. The van der Waals surface area contributed by atoms with Crippen molar-refractivity contribution in [2.75, 3.05) is 39.3 Å². The number of amides is 4. The van der Waals surface area contributed by atoms with Gasteiger partial charge in [0.25, 0.3) is 11.8 Å². The molecule has 0 aromatic heterocycles. The molecule has 2 rings (SSSR count). The van der Waals surface area contributed by atoms with Crippen molar-refractivity contribution in [2.24, 2.45) is 0 Å². The molecule has 1 aromatic carbocycles. The van der Waals surface area contributed by atoms with E-state index in [-0.39, 0.29) is 30.9 Å². The standard InChI is InChI=1S/C17H24N4O3/c1-3-20(4-2)11-9-18-17(24)19-10-12-21-15(22)13-7-5-6-8-14(13)16(21)23/h5-8H,3-4,9-12H2,1-2H3,(H2,18,19,24). The van der Waals surface area contributed by atoms with Crippen LogP contribution in [0.25, 0.3) is 0 Å². The number of hydrogen-bond donors (Lipinski definition) is 2. The predicted molar refractivity (Wildman–Crippen MR) is 91.0 cm³/mol. The molecule has 0 fully saturated rings. The fourth-order valence-electron chi connectivity index (χ4n) is 2.65. The van der Waals surface area contributed by atoms with Gasteiger partial charge in [0.2, 0.25) is 0 Å². The van der Waals surface area contributed by atoms with E-state index in [2.05, 4.69) is 29.4 Å². The van der Waals surface area contributed by atoms with Crippen molar-refractivity contribution in [3.63, 3.8) is 0 Å². The van der Waals surface area contributed by atoms with Gasteiger partial charge in [0.05, 0.1) is 11.1 Å². The van der Waals surface area contributed by atoms with Crippen molar-refractivity contribution in [3.8, 4) is 0 Å². The Labute approximate surface area is 142 Å². The van der Waals surface area contributed by atoms with Crippen LogP contribution in [-0.2, 0) is 0 Å². The molecule has 0 bridgehead atoms. The summed E-state index contributed by atoms with van der Waals surface area (Å²) in [5.74, 6) is -0.612. The average Bonchev–Trinajstić information content (AvgIpc) is 2.84. The van der Waals surface area contributed by atoms with Gasteiger partial charge in [0, 0.05) is 26.2 Å². The Kier molecular flexibility index (Phi) is 6.31. The molecular weight excluding hydrogens is 308 g/mol. The largest absolute Gasteiger partial charge is 0.337 e. The molecule has 0 aliphatic carbocycles. The molecule has 0 radical (unpaired) electrons. The molecule has 1 aliphatic heterocycles. The molecule has 0 unspecified atom stereocenters. The molecule has 4 amide bonds. The zero-order valence-corrected chi connectivity index (χ0v) is 14.2. The minimum absolute atomic E-state index is 0.163. The topological polar surface area (TPSA) is 81.8 Å². The number of nitrogens with zero attached hydrogens (tertiary/aromatic N) is 2. The Bertz CT molecular complexity index is 579. The van der Waals surface area contributed by atoms with Crippen molar-refractivity contribution >= 4 is 17.8 Å². The van der Waals surface area contributed by atoms with Crippen LogP contribution in [-0.4, -0.2) is 66.9 Å². The number of likely N-dealkylation sites (N-methyl/N-ethyl adjacent to an activating group) is 1. The quantitative estimate of drug-likeness (QED) is 0.694. The number of benzene rings is 1. The normalized spacial score (nSPS) is 13.4. The van der Waals surface area contributed by atoms with Gasteiger partial charge in [-0.1, -0.05) is 26.0 Å². The highest BCUT2D eigenvalue weighted by atomic mass is 16.2.